The zero-order chi connectivity index (χ0) is 14.3. The van der Waals surface area contributed by atoms with Crippen molar-refractivity contribution >= 4 is 11.6 Å². The number of amides is 1. The maximum Gasteiger partial charge on any atom is 0.222 e. The van der Waals surface area contributed by atoms with Crippen LogP contribution < -0.4 is 11.1 Å². The van der Waals surface area contributed by atoms with Crippen LogP contribution in [0.5, 0.6) is 0 Å². The van der Waals surface area contributed by atoms with E-state index in [0.29, 0.717) is 6.42 Å². The van der Waals surface area contributed by atoms with Crippen LogP contribution in [0.15, 0.2) is 24.3 Å². The van der Waals surface area contributed by atoms with Gasteiger partial charge in [-0.1, -0.05) is 19.1 Å². The number of hydrogen-bond donors (Lipinski definition) is 2. The Morgan fingerprint density at radius 1 is 1.37 bits per heavy atom. The number of carbonyl (C=O) groups is 1. The Balaban J connectivity index is 2.44. The fraction of sp³-hybridized carbons (Fsp3) is 0.533. The van der Waals surface area contributed by atoms with E-state index in [0.717, 1.165) is 30.8 Å². The van der Waals surface area contributed by atoms with Gasteiger partial charge in [0, 0.05) is 25.7 Å². The minimum atomic E-state index is 0.195. The molecule has 0 bridgehead atoms. The smallest absolute Gasteiger partial charge is 0.222 e. The molecule has 0 saturated heterocycles. The van der Waals surface area contributed by atoms with Gasteiger partial charge in [0.15, 0.2) is 0 Å². The van der Waals surface area contributed by atoms with Crippen molar-refractivity contribution in [1.82, 2.24) is 10.2 Å². The van der Waals surface area contributed by atoms with Gasteiger partial charge in [-0.25, -0.2) is 0 Å². The molecule has 4 nitrogen and oxygen atoms in total. The highest BCUT2D eigenvalue weighted by Crippen LogP contribution is 2.20. The van der Waals surface area contributed by atoms with E-state index in [2.05, 4.69) is 12.2 Å². The predicted octanol–water partition coefficient (Wildman–Crippen LogP) is 1.83. The first kappa shape index (κ1) is 15.5. The molecule has 0 aromatic heterocycles. The van der Waals surface area contributed by atoms with Gasteiger partial charge >= 0.3 is 0 Å². The molecule has 1 amide bonds. The summed E-state index contributed by atoms with van der Waals surface area (Å²) < 4.78 is 0. The molecule has 0 saturated carbocycles. The summed E-state index contributed by atoms with van der Waals surface area (Å²) in [5.74, 6) is 0.417. The predicted molar refractivity (Wildman–Crippen MR) is 80.1 cm³/mol. The largest absolute Gasteiger partial charge is 0.399 e. The second-order valence-electron chi connectivity index (χ2n) is 5.04. The molecule has 1 aromatic carbocycles. The molecule has 0 aliphatic carbocycles. The second kappa shape index (κ2) is 7.79. The quantitative estimate of drug-likeness (QED) is 0.583. The first-order valence-electron chi connectivity index (χ1n) is 6.78. The van der Waals surface area contributed by atoms with Crippen LogP contribution in [0, 0.1) is 0 Å². The van der Waals surface area contributed by atoms with Crippen LogP contribution in [-0.4, -0.2) is 38.0 Å². The molecular formula is C15H25N3O. The molecular weight excluding hydrogens is 238 g/mol. The van der Waals surface area contributed by atoms with Crippen LogP contribution in [0.4, 0.5) is 5.69 Å². The van der Waals surface area contributed by atoms with Gasteiger partial charge < -0.3 is 16.0 Å². The molecule has 1 rings (SSSR count). The maximum absolute atomic E-state index is 12.1. The van der Waals surface area contributed by atoms with E-state index >= 15 is 0 Å². The number of benzene rings is 1. The molecule has 0 spiro atoms. The van der Waals surface area contributed by atoms with E-state index in [1.54, 1.807) is 0 Å². The van der Waals surface area contributed by atoms with E-state index in [-0.39, 0.29) is 11.8 Å². The third-order valence-electron chi connectivity index (χ3n) is 3.33. The highest BCUT2D eigenvalue weighted by Gasteiger charge is 2.14. The van der Waals surface area contributed by atoms with Crippen molar-refractivity contribution in [3.63, 3.8) is 0 Å². The number of carbonyl (C=O) groups excluding carboxylic acids is 1. The van der Waals surface area contributed by atoms with Crippen molar-refractivity contribution in [3.05, 3.63) is 29.8 Å². The monoisotopic (exact) mass is 263 g/mol. The zero-order valence-corrected chi connectivity index (χ0v) is 12.1. The second-order valence-corrected chi connectivity index (χ2v) is 5.04. The summed E-state index contributed by atoms with van der Waals surface area (Å²) in [6.45, 7) is 3.81. The van der Waals surface area contributed by atoms with Gasteiger partial charge in [-0.2, -0.15) is 0 Å². The summed E-state index contributed by atoms with van der Waals surface area (Å²) in [5, 5.41) is 3.08. The molecule has 1 aromatic rings. The van der Waals surface area contributed by atoms with Crippen LogP contribution >= 0.6 is 0 Å². The molecule has 1 atom stereocenters. The Bertz CT molecular complexity index is 389. The van der Waals surface area contributed by atoms with Crippen molar-refractivity contribution in [3.8, 4) is 0 Å². The Hall–Kier alpha value is -1.55. The Morgan fingerprint density at radius 2 is 2.00 bits per heavy atom. The molecule has 0 heterocycles. The number of hydrogen-bond acceptors (Lipinski definition) is 3. The average molecular weight is 263 g/mol. The Kier molecular flexibility index (Phi) is 6.36. The fourth-order valence-corrected chi connectivity index (χ4v) is 1.98. The van der Waals surface area contributed by atoms with Gasteiger partial charge in [-0.3, -0.25) is 4.79 Å². The minimum absolute atomic E-state index is 0.195. The number of rotatable bonds is 7. The lowest BCUT2D eigenvalue weighted by molar-refractivity contribution is -0.130. The zero-order valence-electron chi connectivity index (χ0n) is 12.1. The maximum atomic E-state index is 12.1. The van der Waals surface area contributed by atoms with Gasteiger partial charge in [-0.05, 0) is 43.6 Å². The average Bonchev–Trinajstić information content (AvgIpc) is 2.39. The lowest BCUT2D eigenvalue weighted by Gasteiger charge is -2.20. The number of nitrogen functional groups attached to an aromatic ring is 1. The molecule has 0 radical (unpaired) electrons. The van der Waals surface area contributed by atoms with E-state index < -0.39 is 0 Å². The van der Waals surface area contributed by atoms with Crippen molar-refractivity contribution in [1.29, 1.82) is 0 Å². The highest BCUT2D eigenvalue weighted by molar-refractivity contribution is 5.76. The fourth-order valence-electron chi connectivity index (χ4n) is 1.98. The Labute approximate surface area is 116 Å². The van der Waals surface area contributed by atoms with E-state index in [4.69, 9.17) is 5.73 Å². The topological polar surface area (TPSA) is 58.4 Å². The minimum Gasteiger partial charge on any atom is -0.399 e. The molecule has 19 heavy (non-hydrogen) atoms. The SMILES string of the molecule is CNCCCN(C)C(=O)CC(C)c1ccc(N)cc1. The van der Waals surface area contributed by atoms with Crippen LogP contribution in [0.3, 0.4) is 0 Å². The van der Waals surface area contributed by atoms with Crippen LogP contribution in [0.2, 0.25) is 0 Å². The Morgan fingerprint density at radius 3 is 2.58 bits per heavy atom. The third kappa shape index (κ3) is 5.30. The molecule has 0 aliphatic heterocycles. The first-order chi connectivity index (χ1) is 9.04. The van der Waals surface area contributed by atoms with Gasteiger partial charge in [0.05, 0.1) is 0 Å². The van der Waals surface area contributed by atoms with Crippen LogP contribution in [-0.2, 0) is 4.79 Å². The number of nitrogens with one attached hydrogen (secondary N) is 1. The van der Waals surface area contributed by atoms with Crippen LogP contribution in [0.25, 0.3) is 0 Å². The van der Waals surface area contributed by atoms with Crippen molar-refractivity contribution in [2.75, 3.05) is 32.9 Å². The summed E-state index contributed by atoms with van der Waals surface area (Å²) >= 11 is 0. The van der Waals surface area contributed by atoms with Crippen molar-refractivity contribution < 1.29 is 4.79 Å². The normalized spacial score (nSPS) is 12.2. The molecule has 1 unspecified atom stereocenters. The molecule has 0 fully saturated rings. The van der Waals surface area contributed by atoms with E-state index in [1.165, 1.54) is 0 Å². The number of nitrogens with two attached hydrogens (primary N) is 1. The van der Waals surface area contributed by atoms with Gasteiger partial charge in [0.2, 0.25) is 5.91 Å². The van der Waals surface area contributed by atoms with Crippen molar-refractivity contribution in [2.45, 2.75) is 25.7 Å². The summed E-state index contributed by atoms with van der Waals surface area (Å²) in [7, 11) is 3.79. The van der Waals surface area contributed by atoms with Crippen molar-refractivity contribution in [2.24, 2.45) is 0 Å². The van der Waals surface area contributed by atoms with Gasteiger partial charge in [-0.15, -0.1) is 0 Å². The van der Waals surface area contributed by atoms with Crippen LogP contribution in [0.1, 0.15) is 31.2 Å². The molecule has 0 aliphatic rings. The molecule has 106 valence electrons. The van der Waals surface area contributed by atoms with Gasteiger partial charge in [0.25, 0.3) is 0 Å². The lowest BCUT2D eigenvalue weighted by atomic mass is 9.97. The third-order valence-corrected chi connectivity index (χ3v) is 3.33. The first-order valence-corrected chi connectivity index (χ1v) is 6.78. The lowest BCUT2D eigenvalue weighted by Crippen LogP contribution is -2.30. The summed E-state index contributed by atoms with van der Waals surface area (Å²) in [6.07, 6.45) is 1.52. The highest BCUT2D eigenvalue weighted by atomic mass is 16.2. The van der Waals surface area contributed by atoms with E-state index in [1.807, 2.05) is 43.3 Å². The van der Waals surface area contributed by atoms with E-state index in [9.17, 15) is 4.79 Å². The molecule has 4 heteroatoms. The summed E-state index contributed by atoms with van der Waals surface area (Å²) in [5.41, 5.74) is 7.58. The number of anilines is 1. The molecule has 3 N–H and O–H groups in total. The number of nitrogens with zero attached hydrogens (tertiary/aromatic N) is 1. The standard InChI is InChI=1S/C15H25N3O/c1-12(13-5-7-14(16)8-6-13)11-15(19)18(3)10-4-9-17-2/h5-8,12,17H,4,9-11,16H2,1-3H3. The summed E-state index contributed by atoms with van der Waals surface area (Å²) in [6, 6.07) is 7.75. The summed E-state index contributed by atoms with van der Waals surface area (Å²) in [4.78, 5) is 13.9. The van der Waals surface area contributed by atoms with Gasteiger partial charge in [0.1, 0.15) is 0 Å².